The van der Waals surface area contributed by atoms with Crippen LogP contribution in [0.15, 0.2) is 48.8 Å². The number of hydrogen-bond acceptors (Lipinski definition) is 5. The SMILES string of the molecule is COc1ccc(C(=O)N(C)Cc2cccc3cnccc23)c(OC)n1. The van der Waals surface area contributed by atoms with Crippen molar-refractivity contribution >= 4 is 16.7 Å². The minimum atomic E-state index is -0.168. The van der Waals surface area contributed by atoms with Gasteiger partial charge in [0.05, 0.1) is 14.2 Å². The molecule has 6 heteroatoms. The lowest BCUT2D eigenvalue weighted by Crippen LogP contribution is -2.27. The minimum Gasteiger partial charge on any atom is -0.481 e. The van der Waals surface area contributed by atoms with E-state index in [0.717, 1.165) is 16.3 Å². The molecule has 25 heavy (non-hydrogen) atoms. The molecule has 0 aliphatic carbocycles. The van der Waals surface area contributed by atoms with Gasteiger partial charge in [0.25, 0.3) is 5.91 Å². The van der Waals surface area contributed by atoms with Gasteiger partial charge in [-0.25, -0.2) is 0 Å². The van der Waals surface area contributed by atoms with Crippen LogP contribution in [0.25, 0.3) is 10.8 Å². The van der Waals surface area contributed by atoms with Crippen LogP contribution in [-0.2, 0) is 6.54 Å². The molecule has 2 heterocycles. The molecule has 0 N–H and O–H groups in total. The Morgan fingerprint density at radius 2 is 1.96 bits per heavy atom. The number of hydrogen-bond donors (Lipinski definition) is 0. The molecule has 3 aromatic rings. The zero-order valence-electron chi connectivity index (χ0n) is 14.4. The first-order chi connectivity index (χ1) is 12.1. The second-order valence-electron chi connectivity index (χ2n) is 5.59. The first kappa shape index (κ1) is 16.7. The Labute approximate surface area is 146 Å². The molecule has 6 nitrogen and oxygen atoms in total. The summed E-state index contributed by atoms with van der Waals surface area (Å²) in [6.07, 6.45) is 3.57. The van der Waals surface area contributed by atoms with Crippen LogP contribution >= 0.6 is 0 Å². The van der Waals surface area contributed by atoms with E-state index in [4.69, 9.17) is 9.47 Å². The summed E-state index contributed by atoms with van der Waals surface area (Å²) in [6, 6.07) is 11.2. The fourth-order valence-electron chi connectivity index (χ4n) is 2.72. The highest BCUT2D eigenvalue weighted by Crippen LogP contribution is 2.23. The van der Waals surface area contributed by atoms with Crippen LogP contribution < -0.4 is 9.47 Å². The largest absolute Gasteiger partial charge is 0.481 e. The standard InChI is InChI=1S/C19H19N3O3/c1-22(12-14-6-4-5-13-11-20-10-9-15(13)14)19(23)16-7-8-17(24-2)21-18(16)25-3/h4-11H,12H2,1-3H3. The molecular formula is C19H19N3O3. The average Bonchev–Trinajstić information content (AvgIpc) is 2.67. The van der Waals surface area contributed by atoms with Crippen molar-refractivity contribution in [3.63, 3.8) is 0 Å². The monoisotopic (exact) mass is 337 g/mol. The third-order valence-electron chi connectivity index (χ3n) is 3.99. The summed E-state index contributed by atoms with van der Waals surface area (Å²) in [7, 11) is 4.76. The summed E-state index contributed by atoms with van der Waals surface area (Å²) in [5.41, 5.74) is 1.45. The first-order valence-corrected chi connectivity index (χ1v) is 7.80. The Kier molecular flexibility index (Phi) is 4.79. The molecule has 0 saturated heterocycles. The molecule has 128 valence electrons. The van der Waals surface area contributed by atoms with Crippen LogP contribution in [0.4, 0.5) is 0 Å². The highest BCUT2D eigenvalue weighted by Gasteiger charge is 2.19. The molecule has 0 spiro atoms. The van der Waals surface area contributed by atoms with Crippen LogP contribution in [0.1, 0.15) is 15.9 Å². The second kappa shape index (κ2) is 7.17. The van der Waals surface area contributed by atoms with E-state index in [1.54, 1.807) is 30.3 Å². The highest BCUT2D eigenvalue weighted by molar-refractivity contribution is 5.96. The summed E-state index contributed by atoms with van der Waals surface area (Å²) in [5.74, 6) is 0.481. The van der Waals surface area contributed by atoms with E-state index in [9.17, 15) is 4.79 Å². The van der Waals surface area contributed by atoms with Gasteiger partial charge in [-0.2, -0.15) is 4.98 Å². The molecule has 0 unspecified atom stereocenters. The van der Waals surface area contributed by atoms with E-state index < -0.39 is 0 Å². The average molecular weight is 337 g/mol. The zero-order chi connectivity index (χ0) is 17.8. The Balaban J connectivity index is 1.88. The fourth-order valence-corrected chi connectivity index (χ4v) is 2.72. The second-order valence-corrected chi connectivity index (χ2v) is 5.59. The number of pyridine rings is 2. The quantitative estimate of drug-likeness (QED) is 0.716. The number of benzene rings is 1. The molecule has 0 saturated carbocycles. The number of carbonyl (C=O) groups is 1. The van der Waals surface area contributed by atoms with Gasteiger partial charge in [-0.3, -0.25) is 9.78 Å². The number of aromatic nitrogens is 2. The molecular weight excluding hydrogens is 318 g/mol. The maximum atomic E-state index is 12.8. The topological polar surface area (TPSA) is 64.5 Å². The van der Waals surface area contributed by atoms with Crippen molar-refractivity contribution in [2.24, 2.45) is 0 Å². The number of methoxy groups -OCH3 is 2. The predicted molar refractivity (Wildman–Crippen MR) is 94.9 cm³/mol. The maximum Gasteiger partial charge on any atom is 0.259 e. The molecule has 0 aliphatic heterocycles. The van der Waals surface area contributed by atoms with E-state index in [1.807, 2.05) is 30.5 Å². The van der Waals surface area contributed by atoms with Gasteiger partial charge in [0, 0.05) is 37.4 Å². The Morgan fingerprint density at radius 3 is 2.72 bits per heavy atom. The van der Waals surface area contributed by atoms with Gasteiger partial charge in [0.1, 0.15) is 5.56 Å². The first-order valence-electron chi connectivity index (χ1n) is 7.80. The number of ether oxygens (including phenoxy) is 2. The number of amides is 1. The number of rotatable bonds is 5. The lowest BCUT2D eigenvalue weighted by molar-refractivity contribution is 0.0781. The Bertz CT molecular complexity index is 906. The van der Waals surface area contributed by atoms with Crippen LogP contribution in [0.2, 0.25) is 0 Å². The Hall–Kier alpha value is -3.15. The number of carbonyl (C=O) groups excluding carboxylic acids is 1. The Morgan fingerprint density at radius 1 is 1.12 bits per heavy atom. The van der Waals surface area contributed by atoms with Gasteiger partial charge in [-0.05, 0) is 23.1 Å². The molecule has 3 rings (SSSR count). The molecule has 0 atom stereocenters. The van der Waals surface area contributed by atoms with Crippen molar-refractivity contribution in [3.8, 4) is 11.8 Å². The third-order valence-corrected chi connectivity index (χ3v) is 3.99. The normalized spacial score (nSPS) is 10.5. The zero-order valence-corrected chi connectivity index (χ0v) is 14.4. The highest BCUT2D eigenvalue weighted by atomic mass is 16.5. The fraction of sp³-hybridized carbons (Fsp3) is 0.211. The van der Waals surface area contributed by atoms with Crippen LogP contribution in [0.5, 0.6) is 11.8 Å². The van der Waals surface area contributed by atoms with Crippen molar-refractivity contribution in [3.05, 3.63) is 59.9 Å². The van der Waals surface area contributed by atoms with Crippen molar-refractivity contribution in [2.45, 2.75) is 6.54 Å². The molecule has 1 amide bonds. The third kappa shape index (κ3) is 3.38. The lowest BCUT2D eigenvalue weighted by Gasteiger charge is -2.19. The van der Waals surface area contributed by atoms with E-state index in [1.165, 1.54) is 14.2 Å². The van der Waals surface area contributed by atoms with E-state index >= 15 is 0 Å². The van der Waals surface area contributed by atoms with Gasteiger partial charge < -0.3 is 14.4 Å². The van der Waals surface area contributed by atoms with Crippen molar-refractivity contribution in [2.75, 3.05) is 21.3 Å². The molecule has 1 aromatic carbocycles. The summed E-state index contributed by atoms with van der Waals surface area (Å²) >= 11 is 0. The van der Waals surface area contributed by atoms with Crippen molar-refractivity contribution in [1.29, 1.82) is 0 Å². The van der Waals surface area contributed by atoms with Crippen molar-refractivity contribution < 1.29 is 14.3 Å². The predicted octanol–water partition coefficient (Wildman–Crippen LogP) is 2.92. The molecule has 0 aliphatic rings. The van der Waals surface area contributed by atoms with Gasteiger partial charge in [-0.15, -0.1) is 0 Å². The van der Waals surface area contributed by atoms with Gasteiger partial charge in [0.15, 0.2) is 0 Å². The summed E-state index contributed by atoms with van der Waals surface area (Å²) in [6.45, 7) is 0.468. The van der Waals surface area contributed by atoms with Gasteiger partial charge in [0.2, 0.25) is 11.8 Å². The smallest absolute Gasteiger partial charge is 0.259 e. The van der Waals surface area contributed by atoms with E-state index in [-0.39, 0.29) is 11.8 Å². The molecule has 2 aromatic heterocycles. The van der Waals surface area contributed by atoms with E-state index in [2.05, 4.69) is 9.97 Å². The molecule has 0 bridgehead atoms. The van der Waals surface area contributed by atoms with Gasteiger partial charge >= 0.3 is 0 Å². The summed E-state index contributed by atoms with van der Waals surface area (Å²) in [5, 5.41) is 2.13. The van der Waals surface area contributed by atoms with Crippen LogP contribution in [0.3, 0.4) is 0 Å². The van der Waals surface area contributed by atoms with Gasteiger partial charge in [-0.1, -0.05) is 18.2 Å². The van der Waals surface area contributed by atoms with Crippen molar-refractivity contribution in [1.82, 2.24) is 14.9 Å². The summed E-state index contributed by atoms with van der Waals surface area (Å²) < 4.78 is 10.3. The maximum absolute atomic E-state index is 12.8. The summed E-state index contributed by atoms with van der Waals surface area (Å²) in [4.78, 5) is 22.8. The minimum absolute atomic E-state index is 0.168. The number of fused-ring (bicyclic) bond motifs is 1. The van der Waals surface area contributed by atoms with Crippen LogP contribution in [0, 0.1) is 0 Å². The lowest BCUT2D eigenvalue weighted by atomic mass is 10.1. The molecule has 0 radical (unpaired) electrons. The molecule has 0 fully saturated rings. The number of nitrogens with zero attached hydrogens (tertiary/aromatic N) is 3. The van der Waals surface area contributed by atoms with E-state index in [0.29, 0.717) is 18.0 Å². The van der Waals surface area contributed by atoms with Crippen LogP contribution in [-0.4, -0.2) is 42.0 Å².